The molecule has 11 atom stereocenters. The summed E-state index contributed by atoms with van der Waals surface area (Å²) in [7, 11) is 0. The number of carboxylic acids is 1. The van der Waals surface area contributed by atoms with Gasteiger partial charge in [0.05, 0.1) is 12.2 Å². The molecular weight excluding hydrogens is 544 g/mol. The Morgan fingerprint density at radius 1 is 0.907 bits per heavy atom. The SMILES string of the molecule is CC(=O)O[C@H]1C[C@@]2(C)[C@@](N)(C[C@@H](O)[C@H]3[C@@]4(C)CC[C@@H](O)[C@@H](N)[C@@H]4CC[C@@]32C)/C1=C(/C(=O)O)C1CCCC(=C2CCCC2)C1. The van der Waals surface area contributed by atoms with Gasteiger partial charge in [-0.25, -0.2) is 4.79 Å². The lowest BCUT2D eigenvalue weighted by Crippen LogP contribution is -2.73. The largest absolute Gasteiger partial charge is 0.478 e. The van der Waals surface area contributed by atoms with Crippen LogP contribution < -0.4 is 11.5 Å². The molecule has 6 rings (SSSR count). The number of aliphatic carboxylic acids is 1. The quantitative estimate of drug-likeness (QED) is 0.177. The fourth-order valence-electron chi connectivity index (χ4n) is 12.1. The Balaban J connectivity index is 1.49. The van der Waals surface area contributed by atoms with Crippen LogP contribution in [0.3, 0.4) is 0 Å². The average molecular weight is 599 g/mol. The van der Waals surface area contributed by atoms with Gasteiger partial charge in [0.15, 0.2) is 0 Å². The molecule has 6 fully saturated rings. The molecular formula is C35H54N2O6. The van der Waals surface area contributed by atoms with Crippen LogP contribution in [0.2, 0.25) is 0 Å². The van der Waals surface area contributed by atoms with Crippen molar-refractivity contribution >= 4 is 11.9 Å². The summed E-state index contributed by atoms with van der Waals surface area (Å²) < 4.78 is 6.03. The molecule has 6 aliphatic carbocycles. The highest BCUT2D eigenvalue weighted by Crippen LogP contribution is 2.74. The van der Waals surface area contributed by atoms with Gasteiger partial charge in [-0.05, 0) is 124 Å². The van der Waals surface area contributed by atoms with E-state index in [0.717, 1.165) is 57.8 Å². The Kier molecular flexibility index (Phi) is 7.75. The Hall–Kier alpha value is -1.74. The van der Waals surface area contributed by atoms with Gasteiger partial charge >= 0.3 is 11.9 Å². The molecule has 8 nitrogen and oxygen atoms in total. The first-order chi connectivity index (χ1) is 20.2. The lowest BCUT2D eigenvalue weighted by molar-refractivity contribution is -0.232. The van der Waals surface area contributed by atoms with Gasteiger partial charge in [0, 0.05) is 29.7 Å². The van der Waals surface area contributed by atoms with E-state index in [4.69, 9.17) is 16.2 Å². The highest BCUT2D eigenvalue weighted by Gasteiger charge is 2.75. The van der Waals surface area contributed by atoms with Crippen LogP contribution in [0.4, 0.5) is 0 Å². The molecule has 6 aliphatic rings. The Morgan fingerprint density at radius 2 is 1.58 bits per heavy atom. The normalized spacial score (nSPS) is 49.2. The maximum atomic E-state index is 13.3. The first-order valence-corrected chi connectivity index (χ1v) is 16.9. The second-order valence-corrected chi connectivity index (χ2v) is 15.9. The van der Waals surface area contributed by atoms with Gasteiger partial charge in [0.2, 0.25) is 0 Å². The van der Waals surface area contributed by atoms with Crippen molar-refractivity contribution in [1.29, 1.82) is 0 Å². The molecule has 0 spiro atoms. The average Bonchev–Trinajstić information content (AvgIpc) is 3.53. The summed E-state index contributed by atoms with van der Waals surface area (Å²) in [6.45, 7) is 8.02. The summed E-state index contributed by atoms with van der Waals surface area (Å²) in [4.78, 5) is 25.9. The second kappa shape index (κ2) is 10.7. The number of carbonyl (C=O) groups is 2. The van der Waals surface area contributed by atoms with E-state index in [0.29, 0.717) is 24.0 Å². The molecule has 0 bridgehead atoms. The van der Waals surface area contributed by atoms with Crippen LogP contribution >= 0.6 is 0 Å². The monoisotopic (exact) mass is 598 g/mol. The number of fused-ring (bicyclic) bond motifs is 5. The summed E-state index contributed by atoms with van der Waals surface area (Å²) in [6.07, 6.45) is 9.62. The lowest BCUT2D eigenvalue weighted by atomic mass is 9.35. The van der Waals surface area contributed by atoms with Crippen LogP contribution in [-0.2, 0) is 14.3 Å². The van der Waals surface area contributed by atoms with Crippen LogP contribution in [0.5, 0.6) is 0 Å². The number of hydrogen-bond donors (Lipinski definition) is 5. The van der Waals surface area contributed by atoms with Gasteiger partial charge in [0.1, 0.15) is 6.10 Å². The lowest BCUT2D eigenvalue weighted by Gasteiger charge is -2.70. The topological polar surface area (TPSA) is 156 Å². The van der Waals surface area contributed by atoms with Crippen molar-refractivity contribution < 1.29 is 29.6 Å². The number of ether oxygens (including phenoxy) is 1. The van der Waals surface area contributed by atoms with Gasteiger partial charge in [-0.3, -0.25) is 4.79 Å². The molecule has 0 aromatic carbocycles. The van der Waals surface area contributed by atoms with Crippen molar-refractivity contribution in [3.05, 3.63) is 22.3 Å². The molecule has 0 saturated heterocycles. The number of rotatable bonds is 3. The van der Waals surface area contributed by atoms with Crippen molar-refractivity contribution in [3.8, 4) is 0 Å². The number of aliphatic hydroxyl groups excluding tert-OH is 2. The molecule has 8 heteroatoms. The van der Waals surface area contributed by atoms with E-state index < -0.39 is 46.6 Å². The minimum absolute atomic E-state index is 0.0809. The molecule has 7 N–H and O–H groups in total. The first-order valence-electron chi connectivity index (χ1n) is 16.9. The summed E-state index contributed by atoms with van der Waals surface area (Å²) in [5, 5.41) is 33.8. The van der Waals surface area contributed by atoms with Crippen molar-refractivity contribution in [2.75, 3.05) is 0 Å². The minimum Gasteiger partial charge on any atom is -0.478 e. The van der Waals surface area contributed by atoms with Gasteiger partial charge < -0.3 is 31.5 Å². The smallest absolute Gasteiger partial charge is 0.332 e. The van der Waals surface area contributed by atoms with Crippen LogP contribution in [0.1, 0.15) is 118 Å². The Labute approximate surface area is 256 Å². The van der Waals surface area contributed by atoms with Gasteiger partial charge in [-0.1, -0.05) is 31.9 Å². The van der Waals surface area contributed by atoms with Crippen molar-refractivity contribution in [3.63, 3.8) is 0 Å². The zero-order chi connectivity index (χ0) is 31.1. The fourth-order valence-corrected chi connectivity index (χ4v) is 12.1. The highest BCUT2D eigenvalue weighted by atomic mass is 16.5. The summed E-state index contributed by atoms with van der Waals surface area (Å²) >= 11 is 0. The molecule has 240 valence electrons. The van der Waals surface area contributed by atoms with E-state index in [1.54, 1.807) is 0 Å². The van der Waals surface area contributed by atoms with E-state index in [-0.39, 0.29) is 35.6 Å². The van der Waals surface area contributed by atoms with E-state index in [1.807, 2.05) is 0 Å². The van der Waals surface area contributed by atoms with E-state index in [1.165, 1.54) is 30.9 Å². The molecule has 0 aliphatic heterocycles. The molecule has 43 heavy (non-hydrogen) atoms. The van der Waals surface area contributed by atoms with Crippen LogP contribution in [0.25, 0.3) is 0 Å². The number of allylic oxidation sites excluding steroid dienone is 2. The van der Waals surface area contributed by atoms with Crippen LogP contribution in [0.15, 0.2) is 22.3 Å². The van der Waals surface area contributed by atoms with Crippen LogP contribution in [0, 0.1) is 34.0 Å². The maximum absolute atomic E-state index is 13.3. The number of carbonyl (C=O) groups excluding carboxylic acids is 1. The number of esters is 1. The molecule has 0 amide bonds. The molecule has 0 radical (unpaired) electrons. The zero-order valence-corrected chi connectivity index (χ0v) is 26.7. The zero-order valence-electron chi connectivity index (χ0n) is 26.7. The van der Waals surface area contributed by atoms with Gasteiger partial charge in [-0.15, -0.1) is 0 Å². The summed E-state index contributed by atoms with van der Waals surface area (Å²) in [6, 6.07) is -0.339. The predicted octanol–water partition coefficient (Wildman–Crippen LogP) is 4.75. The molecule has 1 unspecified atom stereocenters. The molecule has 6 saturated carbocycles. The van der Waals surface area contributed by atoms with E-state index in [2.05, 4.69) is 20.8 Å². The van der Waals surface area contributed by atoms with Gasteiger partial charge in [0.25, 0.3) is 0 Å². The van der Waals surface area contributed by atoms with Gasteiger partial charge in [-0.2, -0.15) is 0 Å². The third kappa shape index (κ3) is 4.44. The molecule has 0 aromatic heterocycles. The maximum Gasteiger partial charge on any atom is 0.332 e. The second-order valence-electron chi connectivity index (χ2n) is 15.9. The third-order valence-electron chi connectivity index (χ3n) is 14.1. The predicted molar refractivity (Wildman–Crippen MR) is 164 cm³/mol. The Bertz CT molecular complexity index is 1240. The Morgan fingerprint density at radius 3 is 2.23 bits per heavy atom. The molecule has 0 aromatic rings. The molecule has 0 heterocycles. The third-order valence-corrected chi connectivity index (χ3v) is 14.1. The minimum atomic E-state index is -1.15. The number of carboxylic acid groups (broad SMARTS) is 1. The highest BCUT2D eigenvalue weighted by molar-refractivity contribution is 5.89. The van der Waals surface area contributed by atoms with Crippen molar-refractivity contribution in [1.82, 2.24) is 0 Å². The van der Waals surface area contributed by atoms with Crippen LogP contribution in [-0.4, -0.2) is 57.2 Å². The first kappa shape index (κ1) is 31.3. The van der Waals surface area contributed by atoms with E-state index in [9.17, 15) is 24.9 Å². The number of hydrogen-bond acceptors (Lipinski definition) is 7. The standard InChI is InChI=1S/C35H54N2O6/c1-19(38)43-26-18-34(4)33(3)15-12-23-29(36)24(39)13-14-32(23,2)30(33)25(40)17-35(34,37)28(26)27(31(41)42)22-11-7-10-21(16-22)20-8-5-6-9-20/h22-26,29-30,39-40H,5-18,36-37H2,1-4H3,(H,41,42)/b28-27+/t22?,23-,24+,25+,26-,29-,30-,32-,33-,34+,35+/m0/s1. The summed E-state index contributed by atoms with van der Waals surface area (Å²) in [5.74, 6) is -1.66. The van der Waals surface area contributed by atoms with E-state index >= 15 is 0 Å². The fraction of sp³-hybridized carbons (Fsp3) is 0.829. The number of nitrogens with two attached hydrogens (primary N) is 2. The van der Waals surface area contributed by atoms with Crippen molar-refractivity contribution in [2.24, 2.45) is 45.5 Å². The summed E-state index contributed by atoms with van der Waals surface area (Å²) in [5.41, 5.74) is 15.5. The number of aliphatic hydroxyl groups is 2. The van der Waals surface area contributed by atoms with Crippen molar-refractivity contribution in [2.45, 2.75) is 147 Å².